The van der Waals surface area contributed by atoms with E-state index in [1.54, 1.807) is 0 Å². The molecular weight excluding hydrogens is 328 g/mol. The summed E-state index contributed by atoms with van der Waals surface area (Å²) in [4.78, 5) is 22.5. The molecule has 152 valence electrons. The average Bonchev–Trinajstić information content (AvgIpc) is 2.58. The maximum absolute atomic E-state index is 11.5. The van der Waals surface area contributed by atoms with Crippen molar-refractivity contribution in [3.8, 4) is 0 Å². The van der Waals surface area contributed by atoms with Gasteiger partial charge in [0.1, 0.15) is 5.78 Å². The van der Waals surface area contributed by atoms with Gasteiger partial charge in [-0.1, -0.05) is 6.92 Å². The Kier molecular flexibility index (Phi) is 16.7. The third-order valence-corrected chi connectivity index (χ3v) is 3.03. The Bertz CT molecular complexity index is 349. The minimum absolute atomic E-state index is 0. The Morgan fingerprint density at radius 3 is 1.88 bits per heavy atom. The lowest BCUT2D eigenvalue weighted by Gasteiger charge is -2.10. The van der Waals surface area contributed by atoms with Gasteiger partial charge in [-0.25, -0.2) is 4.79 Å². The molecule has 0 atom stereocenters. The van der Waals surface area contributed by atoms with Gasteiger partial charge in [-0.15, -0.1) is 0 Å². The summed E-state index contributed by atoms with van der Waals surface area (Å²) in [6, 6.07) is -0.250. The minimum atomic E-state index is -0.250. The lowest BCUT2D eigenvalue weighted by Crippen LogP contribution is -2.39. The standard InChI is InChI=1S/C17H34N2O6.2H2/c1-4-16(20)5-8-22-11-12-23-9-6-18-17(21)19-7-10-24-13-14-25-15(2)3;;/h15H,4-14H2,1-3H3,(H2,18,19,21);2*1H. The maximum atomic E-state index is 11.5. The van der Waals surface area contributed by atoms with E-state index >= 15 is 0 Å². The van der Waals surface area contributed by atoms with Crippen molar-refractivity contribution < 1.29 is 31.4 Å². The molecule has 2 N–H and O–H groups in total. The van der Waals surface area contributed by atoms with Crippen LogP contribution in [0.2, 0.25) is 0 Å². The molecule has 0 aromatic heterocycles. The smallest absolute Gasteiger partial charge is 0.314 e. The number of nitrogens with one attached hydrogen (secondary N) is 2. The zero-order valence-electron chi connectivity index (χ0n) is 15.8. The normalized spacial score (nSPS) is 10.9. The van der Waals surface area contributed by atoms with Crippen LogP contribution in [0.15, 0.2) is 0 Å². The van der Waals surface area contributed by atoms with Gasteiger partial charge < -0.3 is 29.6 Å². The Labute approximate surface area is 153 Å². The van der Waals surface area contributed by atoms with Crippen molar-refractivity contribution in [1.29, 1.82) is 0 Å². The first-order valence-electron chi connectivity index (χ1n) is 8.94. The molecule has 0 saturated heterocycles. The summed E-state index contributed by atoms with van der Waals surface area (Å²) in [5.74, 6) is 0.199. The number of ketones is 1. The predicted octanol–water partition coefficient (Wildman–Crippen LogP) is 1.62. The van der Waals surface area contributed by atoms with E-state index in [9.17, 15) is 9.59 Å². The average molecular weight is 366 g/mol. The Morgan fingerprint density at radius 2 is 1.36 bits per heavy atom. The molecule has 0 bridgehead atoms. The van der Waals surface area contributed by atoms with Gasteiger partial charge in [0.05, 0.1) is 52.4 Å². The second-order valence-corrected chi connectivity index (χ2v) is 5.58. The number of carbonyl (C=O) groups is 2. The number of ether oxygens (including phenoxy) is 4. The molecule has 0 radical (unpaired) electrons. The van der Waals surface area contributed by atoms with Crippen LogP contribution in [0, 0.1) is 0 Å². The second kappa shape index (κ2) is 17.6. The van der Waals surface area contributed by atoms with E-state index < -0.39 is 0 Å². The van der Waals surface area contributed by atoms with Crippen molar-refractivity contribution in [3.63, 3.8) is 0 Å². The van der Waals surface area contributed by atoms with E-state index in [4.69, 9.17) is 18.9 Å². The molecule has 25 heavy (non-hydrogen) atoms. The highest BCUT2D eigenvalue weighted by atomic mass is 16.5. The number of amides is 2. The highest BCUT2D eigenvalue weighted by Gasteiger charge is 2.00. The van der Waals surface area contributed by atoms with E-state index in [1.165, 1.54) is 0 Å². The van der Waals surface area contributed by atoms with Gasteiger partial charge in [0, 0.05) is 28.8 Å². The van der Waals surface area contributed by atoms with E-state index in [0.29, 0.717) is 72.2 Å². The van der Waals surface area contributed by atoms with Crippen LogP contribution in [0.1, 0.15) is 36.5 Å². The second-order valence-electron chi connectivity index (χ2n) is 5.58. The summed E-state index contributed by atoms with van der Waals surface area (Å²) < 4.78 is 21.2. The first kappa shape index (κ1) is 23.8. The van der Waals surface area contributed by atoms with Gasteiger partial charge in [-0.2, -0.15) is 0 Å². The van der Waals surface area contributed by atoms with Crippen LogP contribution in [0.25, 0.3) is 0 Å². The molecule has 0 rings (SSSR count). The SMILES string of the molecule is CCC(=O)CCOCCOCCNC(=O)NCCOCCOC(C)C.[HH].[HH]. The zero-order valence-corrected chi connectivity index (χ0v) is 15.8. The molecule has 0 aromatic rings. The van der Waals surface area contributed by atoms with Crippen LogP contribution in [0.4, 0.5) is 4.79 Å². The molecule has 0 aliphatic carbocycles. The maximum Gasteiger partial charge on any atom is 0.314 e. The highest BCUT2D eigenvalue weighted by Crippen LogP contribution is 1.90. The van der Waals surface area contributed by atoms with Crippen LogP contribution in [0.3, 0.4) is 0 Å². The third kappa shape index (κ3) is 19.0. The fourth-order valence-electron chi connectivity index (χ4n) is 1.67. The predicted molar refractivity (Wildman–Crippen MR) is 99.1 cm³/mol. The minimum Gasteiger partial charge on any atom is -0.379 e. The molecule has 0 aliphatic heterocycles. The monoisotopic (exact) mass is 366 g/mol. The van der Waals surface area contributed by atoms with Crippen LogP contribution >= 0.6 is 0 Å². The summed E-state index contributed by atoms with van der Waals surface area (Å²) in [6.45, 7) is 9.89. The molecule has 8 heteroatoms. The summed E-state index contributed by atoms with van der Waals surface area (Å²) in [6.07, 6.45) is 1.20. The van der Waals surface area contributed by atoms with Crippen LogP contribution in [-0.4, -0.2) is 77.3 Å². The van der Waals surface area contributed by atoms with E-state index in [0.717, 1.165) is 0 Å². The van der Waals surface area contributed by atoms with E-state index in [2.05, 4.69) is 10.6 Å². The molecular formula is C17H38N2O6. The van der Waals surface area contributed by atoms with Gasteiger partial charge >= 0.3 is 6.03 Å². The van der Waals surface area contributed by atoms with E-state index in [-0.39, 0.29) is 20.8 Å². The quantitative estimate of drug-likeness (QED) is 0.380. The van der Waals surface area contributed by atoms with Crippen molar-refractivity contribution in [2.75, 3.05) is 59.3 Å². The van der Waals surface area contributed by atoms with Crippen LogP contribution < -0.4 is 10.6 Å². The van der Waals surface area contributed by atoms with Crippen molar-refractivity contribution in [1.82, 2.24) is 10.6 Å². The van der Waals surface area contributed by atoms with Crippen molar-refractivity contribution in [2.45, 2.75) is 39.7 Å². The molecule has 0 heterocycles. The number of carbonyl (C=O) groups excluding carboxylic acids is 2. The van der Waals surface area contributed by atoms with Gasteiger partial charge in [-0.05, 0) is 13.8 Å². The van der Waals surface area contributed by atoms with Crippen molar-refractivity contribution in [2.24, 2.45) is 0 Å². The van der Waals surface area contributed by atoms with Crippen LogP contribution in [-0.2, 0) is 23.7 Å². The number of rotatable bonds is 17. The highest BCUT2D eigenvalue weighted by molar-refractivity contribution is 5.78. The summed E-state index contributed by atoms with van der Waals surface area (Å²) in [5.41, 5.74) is 0. The number of urea groups is 1. The molecule has 0 saturated carbocycles. The Balaban J connectivity index is -0.00000288. The first-order chi connectivity index (χ1) is 12.1. The molecule has 0 unspecified atom stereocenters. The molecule has 0 aliphatic rings. The largest absolute Gasteiger partial charge is 0.379 e. The number of Topliss-reactive ketones (excluding diaryl/α,β-unsaturated/α-hetero) is 1. The van der Waals surface area contributed by atoms with Gasteiger partial charge in [-0.3, -0.25) is 4.79 Å². The molecule has 0 aromatic carbocycles. The summed E-state index contributed by atoms with van der Waals surface area (Å²) in [7, 11) is 0. The van der Waals surface area contributed by atoms with E-state index in [1.807, 2.05) is 20.8 Å². The lowest BCUT2D eigenvalue weighted by molar-refractivity contribution is -0.119. The topological polar surface area (TPSA) is 95.1 Å². The fourth-order valence-corrected chi connectivity index (χ4v) is 1.67. The number of hydrogen-bond acceptors (Lipinski definition) is 6. The third-order valence-electron chi connectivity index (χ3n) is 3.03. The van der Waals surface area contributed by atoms with Gasteiger partial charge in [0.15, 0.2) is 0 Å². The molecule has 8 nitrogen and oxygen atoms in total. The molecule has 2 amide bonds. The number of hydrogen-bond donors (Lipinski definition) is 2. The Morgan fingerprint density at radius 1 is 0.840 bits per heavy atom. The van der Waals surface area contributed by atoms with Gasteiger partial charge in [0.2, 0.25) is 0 Å². The molecule has 0 spiro atoms. The van der Waals surface area contributed by atoms with Crippen molar-refractivity contribution >= 4 is 11.8 Å². The van der Waals surface area contributed by atoms with Crippen molar-refractivity contribution in [3.05, 3.63) is 0 Å². The fraction of sp³-hybridized carbons (Fsp3) is 0.882. The van der Waals surface area contributed by atoms with Crippen LogP contribution in [0.5, 0.6) is 0 Å². The zero-order chi connectivity index (χ0) is 18.8. The first-order valence-corrected chi connectivity index (χ1v) is 8.94. The molecule has 0 fully saturated rings. The summed E-state index contributed by atoms with van der Waals surface area (Å²) >= 11 is 0. The van der Waals surface area contributed by atoms with Gasteiger partial charge in [0.25, 0.3) is 0 Å². The summed E-state index contributed by atoms with van der Waals surface area (Å²) in [5, 5.41) is 5.37. The lowest BCUT2D eigenvalue weighted by atomic mass is 10.2. The Hall–Kier alpha value is -1.22.